The van der Waals surface area contributed by atoms with Gasteiger partial charge in [0.15, 0.2) is 0 Å². The Hall–Kier alpha value is -1.82. The second-order valence-corrected chi connectivity index (χ2v) is 3.87. The first-order valence-electron chi connectivity index (χ1n) is 5.19. The van der Waals surface area contributed by atoms with E-state index < -0.39 is 48.9 Å². The van der Waals surface area contributed by atoms with Gasteiger partial charge in [-0.25, -0.2) is 19.0 Å². The number of ether oxygens (including phenoxy) is 3. The van der Waals surface area contributed by atoms with Crippen molar-refractivity contribution in [2.75, 3.05) is 0 Å². The highest BCUT2D eigenvalue weighted by atomic mass is 19.4. The molecule has 0 rings (SSSR count). The van der Waals surface area contributed by atoms with Crippen LogP contribution in [0.2, 0.25) is 0 Å². The van der Waals surface area contributed by atoms with Gasteiger partial charge < -0.3 is 5.11 Å². The van der Waals surface area contributed by atoms with Gasteiger partial charge in [-0.15, -0.1) is 0 Å². The van der Waals surface area contributed by atoms with E-state index in [0.717, 1.165) is 0 Å². The fourth-order valence-electron chi connectivity index (χ4n) is 0.798. The zero-order chi connectivity index (χ0) is 21.4. The molecule has 0 atom stereocenters. The molecule has 0 spiro atoms. The Bertz CT molecular complexity index is 546. The molecule has 0 radical (unpaired) electrons. The van der Waals surface area contributed by atoms with Crippen molar-refractivity contribution in [1.29, 1.82) is 0 Å². The third kappa shape index (κ3) is 5.34. The Kier molecular flexibility index (Phi) is 6.25. The number of carbonyl (C=O) groups is 2. The number of carbonyl (C=O) groups excluding carboxylic acids is 1. The first kappa shape index (κ1) is 24.2. The van der Waals surface area contributed by atoms with Crippen LogP contribution in [0.15, 0.2) is 0 Å². The molecule has 0 unspecified atom stereocenters. The van der Waals surface area contributed by atoms with Gasteiger partial charge in [-0.2, -0.15) is 52.7 Å². The molecule has 0 aliphatic rings. The molecule has 0 aromatic heterocycles. The summed E-state index contributed by atoms with van der Waals surface area (Å²) >= 11 is 0. The minimum absolute atomic E-state index is 1.58. The summed E-state index contributed by atoms with van der Waals surface area (Å²) in [5.74, 6) is -3.63. The van der Waals surface area contributed by atoms with Crippen molar-refractivity contribution < 1.29 is 81.6 Å². The number of carboxylic acids is 1. The number of hydrogen-bond donors (Lipinski definition) is 1. The molecule has 0 aliphatic carbocycles. The molecule has 0 aliphatic heterocycles. The first-order valence-corrected chi connectivity index (χ1v) is 5.19. The van der Waals surface area contributed by atoms with Crippen LogP contribution in [-0.4, -0.2) is 54.0 Å². The average molecular weight is 422 g/mol. The van der Waals surface area contributed by atoms with E-state index in [0.29, 0.717) is 0 Å². The summed E-state index contributed by atoms with van der Waals surface area (Å²) in [6.45, 7) is 0. The summed E-state index contributed by atoms with van der Waals surface area (Å²) in [6.07, 6.45) is -41.8. The molecule has 0 saturated carbocycles. The van der Waals surface area contributed by atoms with Gasteiger partial charge in [0.05, 0.1) is 0 Å². The quantitative estimate of drug-likeness (QED) is 0.431. The predicted molar refractivity (Wildman–Crippen MR) is 46.6 cm³/mol. The fourth-order valence-corrected chi connectivity index (χ4v) is 0.798. The van der Waals surface area contributed by atoms with Gasteiger partial charge in [0.2, 0.25) is 6.29 Å². The minimum Gasteiger partial charge on any atom is -0.475 e. The van der Waals surface area contributed by atoms with Gasteiger partial charge >= 0.3 is 42.6 Å². The van der Waals surface area contributed by atoms with Gasteiger partial charge in [0.25, 0.3) is 0 Å². The van der Waals surface area contributed by atoms with Gasteiger partial charge in [0, 0.05) is 0 Å². The lowest BCUT2D eigenvalue weighted by molar-refractivity contribution is -0.551. The standard InChI is InChI=1S/C8H2F12O6/c9-3(10,1-21)24-5(13,14)7(17,18)26-8(19,20)6(15,16)25-4(11,12)2(22)23/h1H,(H,22,23). The number of carboxylic acid groups (broad SMARTS) is 1. The summed E-state index contributed by atoms with van der Waals surface area (Å²) in [5.41, 5.74) is 0. The summed E-state index contributed by atoms with van der Waals surface area (Å²) in [4.78, 5) is 19.3. The summed E-state index contributed by atoms with van der Waals surface area (Å²) < 4.78 is 156. The molecular weight excluding hydrogens is 420 g/mol. The monoisotopic (exact) mass is 422 g/mol. The number of aliphatic carboxylic acids is 1. The van der Waals surface area contributed by atoms with Crippen LogP contribution >= 0.6 is 0 Å². The minimum atomic E-state index is -7.14. The number of aldehydes is 1. The maximum absolute atomic E-state index is 12.8. The largest absolute Gasteiger partial charge is 0.475 e. The van der Waals surface area contributed by atoms with Crippen LogP contribution in [0.4, 0.5) is 52.7 Å². The van der Waals surface area contributed by atoms with Crippen LogP contribution in [0.3, 0.4) is 0 Å². The van der Waals surface area contributed by atoms with E-state index in [1.165, 1.54) is 0 Å². The van der Waals surface area contributed by atoms with Gasteiger partial charge in [0.1, 0.15) is 0 Å². The molecule has 0 saturated heterocycles. The maximum Gasteiger partial charge on any atom is 0.460 e. The van der Waals surface area contributed by atoms with Gasteiger partial charge in [-0.05, 0) is 0 Å². The molecule has 0 aromatic rings. The van der Waals surface area contributed by atoms with Crippen LogP contribution in [0.1, 0.15) is 0 Å². The molecule has 0 aromatic carbocycles. The van der Waals surface area contributed by atoms with E-state index in [1.54, 1.807) is 9.47 Å². The summed E-state index contributed by atoms with van der Waals surface area (Å²) in [6, 6.07) is 0. The van der Waals surface area contributed by atoms with Crippen LogP contribution in [0.5, 0.6) is 0 Å². The molecule has 0 heterocycles. The normalized spacial score (nSPS) is 15.1. The Morgan fingerprint density at radius 1 is 0.654 bits per heavy atom. The van der Waals surface area contributed by atoms with Crippen molar-refractivity contribution >= 4 is 12.3 Å². The predicted octanol–water partition coefficient (Wildman–Crippen LogP) is 2.88. The lowest BCUT2D eigenvalue weighted by Crippen LogP contribution is -2.58. The zero-order valence-corrected chi connectivity index (χ0v) is 11.1. The average Bonchev–Trinajstić information content (AvgIpc) is 2.34. The molecule has 1 N–H and O–H groups in total. The Morgan fingerprint density at radius 3 is 1.27 bits per heavy atom. The third-order valence-corrected chi connectivity index (χ3v) is 1.84. The van der Waals surface area contributed by atoms with Crippen LogP contribution < -0.4 is 0 Å². The van der Waals surface area contributed by atoms with E-state index >= 15 is 0 Å². The van der Waals surface area contributed by atoms with Gasteiger partial charge in [-0.1, -0.05) is 0 Å². The van der Waals surface area contributed by atoms with Crippen molar-refractivity contribution in [1.82, 2.24) is 0 Å². The van der Waals surface area contributed by atoms with E-state index in [4.69, 9.17) is 5.11 Å². The Labute approximate surface area is 132 Å². The Morgan fingerprint density at radius 2 is 0.962 bits per heavy atom. The second kappa shape index (κ2) is 6.72. The first-order chi connectivity index (χ1) is 11.1. The van der Waals surface area contributed by atoms with Crippen molar-refractivity contribution in [3.63, 3.8) is 0 Å². The van der Waals surface area contributed by atoms with Crippen molar-refractivity contribution in [3.05, 3.63) is 0 Å². The van der Waals surface area contributed by atoms with Crippen molar-refractivity contribution in [2.24, 2.45) is 0 Å². The molecule has 26 heavy (non-hydrogen) atoms. The summed E-state index contributed by atoms with van der Waals surface area (Å²) in [7, 11) is 0. The highest BCUT2D eigenvalue weighted by Crippen LogP contribution is 2.48. The van der Waals surface area contributed by atoms with E-state index in [9.17, 15) is 62.3 Å². The maximum atomic E-state index is 12.8. The van der Waals surface area contributed by atoms with E-state index in [-0.39, 0.29) is 0 Å². The number of hydrogen-bond acceptors (Lipinski definition) is 5. The third-order valence-electron chi connectivity index (χ3n) is 1.84. The number of halogens is 12. The van der Waals surface area contributed by atoms with Gasteiger partial charge in [-0.3, -0.25) is 4.79 Å². The second-order valence-electron chi connectivity index (χ2n) is 3.87. The number of rotatable bonds is 10. The van der Waals surface area contributed by atoms with Crippen molar-refractivity contribution in [3.8, 4) is 0 Å². The van der Waals surface area contributed by atoms with E-state index in [1.807, 2.05) is 4.74 Å². The van der Waals surface area contributed by atoms with Crippen molar-refractivity contribution in [2.45, 2.75) is 36.7 Å². The molecular formula is C8H2F12O6. The fraction of sp³-hybridized carbons (Fsp3) is 0.750. The SMILES string of the molecule is O=CC(F)(F)OC(F)(F)C(F)(F)OC(F)(F)C(F)(F)OC(F)(F)C(=O)O. The number of alkyl halides is 12. The van der Waals surface area contributed by atoms with E-state index in [2.05, 4.69) is 0 Å². The molecule has 0 amide bonds. The van der Waals surface area contributed by atoms with Crippen LogP contribution in [-0.2, 0) is 23.8 Å². The highest BCUT2D eigenvalue weighted by molar-refractivity contribution is 5.73. The summed E-state index contributed by atoms with van der Waals surface area (Å²) in [5, 5.41) is 7.69. The topological polar surface area (TPSA) is 82.1 Å². The zero-order valence-electron chi connectivity index (χ0n) is 11.1. The van der Waals surface area contributed by atoms with Crippen LogP contribution in [0, 0.1) is 0 Å². The lowest BCUT2D eigenvalue weighted by atomic mass is 10.5. The molecule has 0 fully saturated rings. The highest BCUT2D eigenvalue weighted by Gasteiger charge is 2.74. The van der Waals surface area contributed by atoms with Crippen LogP contribution in [0.25, 0.3) is 0 Å². The smallest absolute Gasteiger partial charge is 0.460 e. The molecule has 154 valence electrons. The molecule has 18 heteroatoms. The molecule has 6 nitrogen and oxygen atoms in total. The lowest BCUT2D eigenvalue weighted by Gasteiger charge is -2.33. The molecule has 0 bridgehead atoms. The Balaban J connectivity index is 5.62.